The minimum absolute atomic E-state index is 0. The van der Waals surface area contributed by atoms with Gasteiger partial charge in [0.25, 0.3) is 0 Å². The van der Waals surface area contributed by atoms with E-state index in [4.69, 9.17) is 0 Å². The zero-order valence-electron chi connectivity index (χ0n) is 15.1. The van der Waals surface area contributed by atoms with Gasteiger partial charge in [0.05, 0.1) is 12.3 Å². The molecule has 0 aliphatic carbocycles. The van der Waals surface area contributed by atoms with Crippen molar-refractivity contribution in [3.63, 3.8) is 0 Å². The molecule has 1 aliphatic rings. The lowest BCUT2D eigenvalue weighted by molar-refractivity contribution is 0.274. The predicted molar refractivity (Wildman–Crippen MR) is 114 cm³/mol. The molecule has 1 aromatic carbocycles. The van der Waals surface area contributed by atoms with E-state index in [1.807, 2.05) is 18.2 Å². The molecule has 0 spiro atoms. The summed E-state index contributed by atoms with van der Waals surface area (Å²) in [5.41, 5.74) is 1.21. The summed E-state index contributed by atoms with van der Waals surface area (Å²) < 4.78 is 24.6. The Balaban J connectivity index is 0.00000312. The highest BCUT2D eigenvalue weighted by Gasteiger charge is 2.24. The van der Waals surface area contributed by atoms with E-state index < -0.39 is 10.0 Å². The van der Waals surface area contributed by atoms with Gasteiger partial charge in [-0.15, -0.1) is 24.0 Å². The van der Waals surface area contributed by atoms with Crippen molar-refractivity contribution in [1.29, 1.82) is 0 Å². The van der Waals surface area contributed by atoms with Crippen LogP contribution in [-0.4, -0.2) is 51.6 Å². The van der Waals surface area contributed by atoms with Crippen LogP contribution in [0.3, 0.4) is 0 Å². The molecule has 1 aliphatic heterocycles. The van der Waals surface area contributed by atoms with Crippen molar-refractivity contribution in [2.45, 2.75) is 25.8 Å². The molecule has 8 heteroatoms. The Hall–Kier alpha value is -0.870. The van der Waals surface area contributed by atoms with Crippen LogP contribution in [0.2, 0.25) is 0 Å². The van der Waals surface area contributed by atoms with E-state index in [9.17, 15) is 8.42 Å². The van der Waals surface area contributed by atoms with E-state index in [-0.39, 0.29) is 30.0 Å². The average Bonchev–Trinajstić information content (AvgIpc) is 2.58. The van der Waals surface area contributed by atoms with E-state index in [1.165, 1.54) is 11.8 Å². The lowest BCUT2D eigenvalue weighted by atomic mass is 9.98. The molecule has 1 fully saturated rings. The van der Waals surface area contributed by atoms with Crippen LogP contribution in [-0.2, 0) is 10.0 Å². The highest BCUT2D eigenvalue weighted by molar-refractivity contribution is 14.0. The summed E-state index contributed by atoms with van der Waals surface area (Å²) in [5.74, 6) is 1.24. The SMILES string of the molecule is CN=C(NCC1CCN(S(C)(=O)=O)CC1)NC(C)c1ccccc1.I. The molecule has 1 atom stereocenters. The summed E-state index contributed by atoms with van der Waals surface area (Å²) in [6.45, 7) is 4.13. The van der Waals surface area contributed by atoms with Gasteiger partial charge in [0.2, 0.25) is 10.0 Å². The lowest BCUT2D eigenvalue weighted by Crippen LogP contribution is -2.44. The zero-order valence-corrected chi connectivity index (χ0v) is 18.3. The molecule has 1 saturated heterocycles. The van der Waals surface area contributed by atoms with Gasteiger partial charge in [0, 0.05) is 26.7 Å². The van der Waals surface area contributed by atoms with Crippen LogP contribution in [0.15, 0.2) is 35.3 Å². The normalized spacial score (nSPS) is 18.3. The molecule has 2 N–H and O–H groups in total. The Labute approximate surface area is 168 Å². The number of hydrogen-bond acceptors (Lipinski definition) is 3. The summed E-state index contributed by atoms with van der Waals surface area (Å²) in [6, 6.07) is 10.4. The van der Waals surface area contributed by atoms with Crippen molar-refractivity contribution in [3.8, 4) is 0 Å². The first-order chi connectivity index (χ1) is 11.4. The second kappa shape index (κ2) is 10.3. The number of guanidine groups is 1. The van der Waals surface area contributed by atoms with Crippen molar-refractivity contribution in [1.82, 2.24) is 14.9 Å². The molecule has 0 saturated carbocycles. The van der Waals surface area contributed by atoms with Crippen molar-refractivity contribution in [3.05, 3.63) is 35.9 Å². The van der Waals surface area contributed by atoms with Crippen LogP contribution in [0.1, 0.15) is 31.4 Å². The second-order valence-electron chi connectivity index (χ2n) is 6.34. The van der Waals surface area contributed by atoms with Gasteiger partial charge in [-0.3, -0.25) is 4.99 Å². The lowest BCUT2D eigenvalue weighted by Gasteiger charge is -2.30. The van der Waals surface area contributed by atoms with Gasteiger partial charge in [0.15, 0.2) is 5.96 Å². The number of halogens is 1. The molecule has 25 heavy (non-hydrogen) atoms. The number of piperidine rings is 1. The van der Waals surface area contributed by atoms with Crippen LogP contribution in [0.25, 0.3) is 0 Å². The maximum absolute atomic E-state index is 11.5. The Morgan fingerprint density at radius 2 is 1.88 bits per heavy atom. The van der Waals surface area contributed by atoms with E-state index in [2.05, 4.69) is 34.7 Å². The minimum atomic E-state index is -3.05. The Morgan fingerprint density at radius 3 is 2.40 bits per heavy atom. The highest BCUT2D eigenvalue weighted by atomic mass is 127. The Kier molecular flexibility index (Phi) is 9.15. The molecule has 6 nitrogen and oxygen atoms in total. The van der Waals surface area contributed by atoms with Gasteiger partial charge in [-0.25, -0.2) is 12.7 Å². The fraction of sp³-hybridized carbons (Fsp3) is 0.588. The van der Waals surface area contributed by atoms with Crippen molar-refractivity contribution in [2.24, 2.45) is 10.9 Å². The smallest absolute Gasteiger partial charge is 0.211 e. The molecule has 1 aromatic rings. The molecule has 1 heterocycles. The van der Waals surface area contributed by atoms with Gasteiger partial charge in [-0.2, -0.15) is 0 Å². The molecule has 142 valence electrons. The first-order valence-electron chi connectivity index (χ1n) is 8.37. The largest absolute Gasteiger partial charge is 0.356 e. The summed E-state index contributed by atoms with van der Waals surface area (Å²) in [4.78, 5) is 4.28. The van der Waals surface area contributed by atoms with Crippen LogP contribution in [0.4, 0.5) is 0 Å². The molecular formula is C17H29IN4O2S. The van der Waals surface area contributed by atoms with Crippen molar-refractivity contribution >= 4 is 40.0 Å². The quantitative estimate of drug-likeness (QED) is 0.385. The molecule has 1 unspecified atom stereocenters. The van der Waals surface area contributed by atoms with Crippen LogP contribution < -0.4 is 10.6 Å². The van der Waals surface area contributed by atoms with Crippen molar-refractivity contribution in [2.75, 3.05) is 32.9 Å². The fourth-order valence-corrected chi connectivity index (χ4v) is 3.78. The summed E-state index contributed by atoms with van der Waals surface area (Å²) in [6.07, 6.45) is 3.04. The molecule has 2 rings (SSSR count). The third-order valence-electron chi connectivity index (χ3n) is 4.48. The predicted octanol–water partition coefficient (Wildman–Crippen LogP) is 2.20. The van der Waals surface area contributed by atoms with E-state index in [1.54, 1.807) is 11.4 Å². The Morgan fingerprint density at radius 1 is 1.28 bits per heavy atom. The summed E-state index contributed by atoms with van der Waals surface area (Å²) in [5, 5.41) is 6.75. The number of sulfonamides is 1. The Bertz CT molecular complexity index is 644. The number of aliphatic imine (C=N–C) groups is 1. The summed E-state index contributed by atoms with van der Waals surface area (Å²) in [7, 11) is -1.29. The first kappa shape index (κ1) is 22.2. The maximum Gasteiger partial charge on any atom is 0.211 e. The van der Waals surface area contributed by atoms with E-state index in [0.29, 0.717) is 19.0 Å². The van der Waals surface area contributed by atoms with Gasteiger partial charge >= 0.3 is 0 Å². The number of hydrogen-bond donors (Lipinski definition) is 2. The number of nitrogens with one attached hydrogen (secondary N) is 2. The van der Waals surface area contributed by atoms with Crippen LogP contribution in [0.5, 0.6) is 0 Å². The van der Waals surface area contributed by atoms with Gasteiger partial charge in [-0.05, 0) is 31.2 Å². The third-order valence-corrected chi connectivity index (χ3v) is 5.78. The van der Waals surface area contributed by atoms with Gasteiger partial charge in [0.1, 0.15) is 0 Å². The van der Waals surface area contributed by atoms with E-state index >= 15 is 0 Å². The third kappa shape index (κ3) is 7.10. The zero-order chi connectivity index (χ0) is 17.6. The number of rotatable bonds is 5. The van der Waals surface area contributed by atoms with Gasteiger partial charge in [-0.1, -0.05) is 30.3 Å². The standard InChI is InChI=1S/C17H28N4O2S.HI/c1-14(16-7-5-4-6-8-16)20-17(18-2)19-13-15-9-11-21(12-10-15)24(3,22)23;/h4-8,14-15H,9-13H2,1-3H3,(H2,18,19,20);1H. The molecular weight excluding hydrogens is 451 g/mol. The minimum Gasteiger partial charge on any atom is -0.356 e. The summed E-state index contributed by atoms with van der Waals surface area (Å²) >= 11 is 0. The highest BCUT2D eigenvalue weighted by Crippen LogP contribution is 2.18. The van der Waals surface area contributed by atoms with E-state index in [0.717, 1.165) is 25.3 Å². The average molecular weight is 480 g/mol. The van der Waals surface area contributed by atoms with Gasteiger partial charge < -0.3 is 10.6 Å². The molecule has 0 amide bonds. The van der Waals surface area contributed by atoms with Crippen LogP contribution in [0, 0.1) is 5.92 Å². The molecule has 0 bridgehead atoms. The number of nitrogens with zero attached hydrogens (tertiary/aromatic N) is 2. The first-order valence-corrected chi connectivity index (χ1v) is 10.2. The topological polar surface area (TPSA) is 73.8 Å². The molecule has 0 radical (unpaired) electrons. The second-order valence-corrected chi connectivity index (χ2v) is 8.32. The fourth-order valence-electron chi connectivity index (χ4n) is 2.91. The van der Waals surface area contributed by atoms with Crippen molar-refractivity contribution < 1.29 is 8.42 Å². The maximum atomic E-state index is 11.5. The monoisotopic (exact) mass is 480 g/mol. The van der Waals surface area contributed by atoms with Crippen LogP contribution >= 0.6 is 24.0 Å². The number of benzene rings is 1. The molecule has 0 aromatic heterocycles.